The van der Waals surface area contributed by atoms with Crippen molar-refractivity contribution < 1.29 is 38.4 Å². The Morgan fingerprint density at radius 3 is 2.48 bits per heavy atom. The second-order valence-electron chi connectivity index (χ2n) is 10.6. The Morgan fingerprint density at radius 1 is 1.02 bits per heavy atom. The molecule has 2 atom stereocenters. The van der Waals surface area contributed by atoms with Gasteiger partial charge in [-0.1, -0.05) is 42.5 Å². The molecule has 254 valence electrons. The Bertz CT molecular complexity index is 1640. The van der Waals surface area contributed by atoms with Crippen LogP contribution in [-0.4, -0.2) is 56.5 Å². The van der Waals surface area contributed by atoms with E-state index in [-0.39, 0.29) is 12.2 Å². The first-order valence-electron chi connectivity index (χ1n) is 15.6. The highest BCUT2D eigenvalue weighted by molar-refractivity contribution is 5.95. The fraction of sp³-hybridized carbons (Fsp3) is 0.306. The summed E-state index contributed by atoms with van der Waals surface area (Å²) in [5.41, 5.74) is 6.57. The Labute approximate surface area is 280 Å². The number of benzene rings is 3. The van der Waals surface area contributed by atoms with Crippen LogP contribution < -0.4 is 35.0 Å². The zero-order chi connectivity index (χ0) is 34.5. The van der Waals surface area contributed by atoms with E-state index in [1.54, 1.807) is 37.4 Å². The molecule has 0 radical (unpaired) electrons. The summed E-state index contributed by atoms with van der Waals surface area (Å²) in [5, 5.41) is 20.1. The van der Waals surface area contributed by atoms with E-state index in [1.165, 1.54) is 7.11 Å². The minimum atomic E-state index is -1.16. The van der Waals surface area contributed by atoms with Crippen LogP contribution >= 0.6 is 0 Å². The molecular weight excluding hydrogens is 616 g/mol. The number of ether oxygens (including phenoxy) is 5. The third-order valence-electron chi connectivity index (χ3n) is 7.15. The van der Waals surface area contributed by atoms with Gasteiger partial charge < -0.3 is 39.4 Å². The third kappa shape index (κ3) is 9.29. The van der Waals surface area contributed by atoms with Crippen molar-refractivity contribution in [3.63, 3.8) is 0 Å². The van der Waals surface area contributed by atoms with Gasteiger partial charge in [0.2, 0.25) is 0 Å². The number of nitrogens with zero attached hydrogens (tertiary/aromatic N) is 1. The Hall–Kier alpha value is -5.49. The molecule has 3 aromatic carbocycles. The van der Waals surface area contributed by atoms with Gasteiger partial charge in [-0.15, -0.1) is 6.58 Å². The number of carbonyl (C=O) groups excluding carboxylic acids is 2. The lowest BCUT2D eigenvalue weighted by Crippen LogP contribution is -2.45. The largest absolute Gasteiger partial charge is 0.490 e. The van der Waals surface area contributed by atoms with Crippen LogP contribution in [0, 0.1) is 0 Å². The molecule has 0 aliphatic carbocycles. The van der Waals surface area contributed by atoms with E-state index in [0.29, 0.717) is 60.5 Å². The molecular formula is C36H42N4O8. The maximum Gasteiger partial charge on any atom is 0.337 e. The van der Waals surface area contributed by atoms with Crippen LogP contribution in [0.4, 0.5) is 4.79 Å². The Morgan fingerprint density at radius 2 is 1.77 bits per heavy atom. The van der Waals surface area contributed by atoms with Crippen molar-refractivity contribution in [2.75, 3.05) is 26.9 Å². The van der Waals surface area contributed by atoms with E-state index < -0.39 is 24.3 Å². The highest BCUT2D eigenvalue weighted by Crippen LogP contribution is 2.36. The molecule has 0 spiro atoms. The van der Waals surface area contributed by atoms with Crippen molar-refractivity contribution in [3.8, 4) is 23.0 Å². The van der Waals surface area contributed by atoms with Crippen molar-refractivity contribution in [3.05, 3.63) is 107 Å². The van der Waals surface area contributed by atoms with Crippen molar-refractivity contribution >= 4 is 18.2 Å². The van der Waals surface area contributed by atoms with Crippen LogP contribution in [0.5, 0.6) is 23.0 Å². The van der Waals surface area contributed by atoms with E-state index in [1.807, 2.05) is 56.3 Å². The van der Waals surface area contributed by atoms with Gasteiger partial charge in [-0.2, -0.15) is 5.10 Å². The molecule has 0 saturated carbocycles. The molecule has 0 bridgehead atoms. The minimum absolute atomic E-state index is 0.161. The second-order valence-corrected chi connectivity index (χ2v) is 10.6. The van der Waals surface area contributed by atoms with E-state index >= 15 is 0 Å². The fourth-order valence-electron chi connectivity index (χ4n) is 5.04. The topological polar surface area (TPSA) is 149 Å². The molecule has 4 N–H and O–H groups in total. The molecule has 1 heterocycles. The highest BCUT2D eigenvalue weighted by Gasteiger charge is 2.32. The zero-order valence-corrected chi connectivity index (χ0v) is 27.6. The Kier molecular flexibility index (Phi) is 12.8. The number of aliphatic hydroxyl groups is 1. The summed E-state index contributed by atoms with van der Waals surface area (Å²) < 4.78 is 28.7. The average Bonchev–Trinajstić information content (AvgIpc) is 3.07. The quantitative estimate of drug-likeness (QED) is 0.0522. The summed E-state index contributed by atoms with van der Waals surface area (Å²) >= 11 is 0. The SMILES string of the molecule is C=CCc1cc(/C=N\N[C@@H](O)COc2ccc([C@H]3NC(=O)NC(C)=C3C(=O)OC)cc2OCC)cc(OCC)c1OCc1ccccc1. The van der Waals surface area contributed by atoms with Crippen molar-refractivity contribution in [2.45, 2.75) is 46.1 Å². The molecule has 12 nitrogen and oxygen atoms in total. The van der Waals surface area contributed by atoms with Gasteiger partial charge in [-0.05, 0) is 68.1 Å². The number of methoxy groups -OCH3 is 1. The van der Waals surface area contributed by atoms with Gasteiger partial charge in [-0.25, -0.2) is 9.59 Å². The first-order valence-corrected chi connectivity index (χ1v) is 15.6. The van der Waals surface area contributed by atoms with Crippen molar-refractivity contribution in [2.24, 2.45) is 5.10 Å². The van der Waals surface area contributed by atoms with Crippen LogP contribution in [0.2, 0.25) is 0 Å². The molecule has 3 aromatic rings. The van der Waals surface area contributed by atoms with Crippen LogP contribution in [0.15, 0.2) is 89.7 Å². The third-order valence-corrected chi connectivity index (χ3v) is 7.15. The average molecular weight is 659 g/mol. The lowest BCUT2D eigenvalue weighted by Gasteiger charge is -2.28. The van der Waals surface area contributed by atoms with Gasteiger partial charge in [-0.3, -0.25) is 5.43 Å². The predicted molar refractivity (Wildman–Crippen MR) is 181 cm³/mol. The molecule has 0 saturated heterocycles. The van der Waals surface area contributed by atoms with Crippen LogP contribution in [0.1, 0.15) is 49.1 Å². The van der Waals surface area contributed by atoms with Crippen molar-refractivity contribution in [1.29, 1.82) is 0 Å². The number of allylic oxidation sites excluding steroid dienone is 2. The van der Waals surface area contributed by atoms with E-state index in [0.717, 1.165) is 16.7 Å². The number of nitrogens with one attached hydrogen (secondary N) is 3. The number of carbonyl (C=O) groups is 2. The summed E-state index contributed by atoms with van der Waals surface area (Å²) in [6.45, 7) is 10.2. The smallest absolute Gasteiger partial charge is 0.337 e. The van der Waals surface area contributed by atoms with E-state index in [4.69, 9.17) is 23.7 Å². The van der Waals surface area contributed by atoms with Gasteiger partial charge in [0.1, 0.15) is 13.2 Å². The number of urea groups is 1. The highest BCUT2D eigenvalue weighted by atomic mass is 16.5. The zero-order valence-electron chi connectivity index (χ0n) is 27.6. The molecule has 4 rings (SSSR count). The first-order chi connectivity index (χ1) is 23.3. The molecule has 2 amide bonds. The monoisotopic (exact) mass is 658 g/mol. The number of hydrogen-bond acceptors (Lipinski definition) is 10. The lowest BCUT2D eigenvalue weighted by atomic mass is 9.95. The molecule has 0 unspecified atom stereocenters. The molecule has 1 aliphatic rings. The number of hydrogen-bond donors (Lipinski definition) is 4. The summed E-state index contributed by atoms with van der Waals surface area (Å²) in [4.78, 5) is 24.7. The summed E-state index contributed by atoms with van der Waals surface area (Å²) in [6.07, 6.45) is 2.76. The lowest BCUT2D eigenvalue weighted by molar-refractivity contribution is -0.136. The molecule has 12 heteroatoms. The van der Waals surface area contributed by atoms with E-state index in [2.05, 4.69) is 27.7 Å². The fourth-order valence-corrected chi connectivity index (χ4v) is 5.04. The maximum absolute atomic E-state index is 12.5. The first kappa shape index (κ1) is 35.4. The number of esters is 1. The molecule has 0 aromatic heterocycles. The van der Waals surface area contributed by atoms with Gasteiger partial charge in [0, 0.05) is 11.3 Å². The van der Waals surface area contributed by atoms with Gasteiger partial charge in [0.15, 0.2) is 29.2 Å². The summed E-state index contributed by atoms with van der Waals surface area (Å²) in [6, 6.07) is 17.5. The minimum Gasteiger partial charge on any atom is -0.490 e. The predicted octanol–water partition coefficient (Wildman–Crippen LogP) is 4.91. The van der Waals surface area contributed by atoms with Crippen LogP contribution in [0.25, 0.3) is 0 Å². The molecule has 1 aliphatic heterocycles. The van der Waals surface area contributed by atoms with E-state index in [9.17, 15) is 14.7 Å². The number of aliphatic hydroxyl groups excluding tert-OH is 1. The summed E-state index contributed by atoms with van der Waals surface area (Å²) in [7, 11) is 1.28. The summed E-state index contributed by atoms with van der Waals surface area (Å²) in [5.74, 6) is 1.38. The second kappa shape index (κ2) is 17.4. The number of hydrazone groups is 1. The normalized spacial score (nSPS) is 14.9. The molecule has 0 fully saturated rings. The molecule has 48 heavy (non-hydrogen) atoms. The van der Waals surface area contributed by atoms with Gasteiger partial charge in [0.25, 0.3) is 0 Å². The van der Waals surface area contributed by atoms with Gasteiger partial charge in [0.05, 0.1) is 38.2 Å². The van der Waals surface area contributed by atoms with Crippen LogP contribution in [-0.2, 0) is 22.6 Å². The van der Waals surface area contributed by atoms with Crippen molar-refractivity contribution in [1.82, 2.24) is 16.1 Å². The maximum atomic E-state index is 12.5. The number of amides is 2. The van der Waals surface area contributed by atoms with Gasteiger partial charge >= 0.3 is 12.0 Å². The van der Waals surface area contributed by atoms with Crippen LogP contribution in [0.3, 0.4) is 0 Å². The number of rotatable bonds is 17. The Balaban J connectivity index is 1.44. The standard InChI is InChI=1S/C36H42N4O8/c1-6-12-27-17-25(18-30(46-8-3)34(27)48-21-24-13-10-9-11-14-24)20-37-40-31(41)22-47-28-16-15-26(19-29(28)45-7-2)33-32(35(42)44-5)23(4)38-36(43)39-33/h6,9-11,13-20,31,33,40-41H,1,7-8,12,21-22H2,2-5H3,(H2,38,39,43)/b37-20-/t31-,33+/m0/s1.